The first-order valence-electron chi connectivity index (χ1n) is 4.74. The van der Waals surface area contributed by atoms with E-state index in [1.165, 1.54) is 18.2 Å². The van der Waals surface area contributed by atoms with Crippen LogP contribution in [0, 0.1) is 11.8 Å². The zero-order valence-electron chi connectivity index (χ0n) is 9.23. The molecule has 0 fully saturated rings. The van der Waals surface area contributed by atoms with Gasteiger partial charge in [0.1, 0.15) is 5.75 Å². The standard InChI is InChI=1S/C12H10ClF3O/c1-11(2,13)8-7-9-5-3-4-6-10(9)17-12(14,15)16/h3-6H,1-2H3. The first-order valence-corrected chi connectivity index (χ1v) is 5.12. The van der Waals surface area contributed by atoms with Crippen molar-refractivity contribution in [1.82, 2.24) is 0 Å². The molecule has 0 heterocycles. The van der Waals surface area contributed by atoms with Gasteiger partial charge in [-0.2, -0.15) is 0 Å². The molecule has 0 saturated carbocycles. The first kappa shape index (κ1) is 13.7. The van der Waals surface area contributed by atoms with E-state index in [1.54, 1.807) is 19.9 Å². The molecule has 1 rings (SSSR count). The van der Waals surface area contributed by atoms with E-state index in [9.17, 15) is 13.2 Å². The Bertz CT molecular complexity index is 449. The van der Waals surface area contributed by atoms with Crippen LogP contribution in [0.2, 0.25) is 0 Å². The van der Waals surface area contributed by atoms with Crippen LogP contribution < -0.4 is 4.74 Å². The van der Waals surface area contributed by atoms with Crippen molar-refractivity contribution < 1.29 is 17.9 Å². The van der Waals surface area contributed by atoms with Gasteiger partial charge in [0.05, 0.1) is 10.4 Å². The number of benzene rings is 1. The first-order chi connectivity index (χ1) is 7.67. The maximum atomic E-state index is 12.1. The maximum absolute atomic E-state index is 12.1. The molecule has 1 nitrogen and oxygen atoms in total. The lowest BCUT2D eigenvalue weighted by molar-refractivity contribution is -0.274. The molecule has 5 heteroatoms. The van der Waals surface area contributed by atoms with Gasteiger partial charge in [0.25, 0.3) is 0 Å². The van der Waals surface area contributed by atoms with Crippen LogP contribution in [0.1, 0.15) is 19.4 Å². The minimum Gasteiger partial charge on any atom is -0.404 e. The summed E-state index contributed by atoms with van der Waals surface area (Å²) in [6.45, 7) is 3.30. The highest BCUT2D eigenvalue weighted by Crippen LogP contribution is 2.25. The summed E-state index contributed by atoms with van der Waals surface area (Å²) in [7, 11) is 0. The molecular weight excluding hydrogens is 253 g/mol. The summed E-state index contributed by atoms with van der Waals surface area (Å²) < 4.78 is 40.1. The SMILES string of the molecule is CC(C)(Cl)C#Cc1ccccc1OC(F)(F)F. The summed E-state index contributed by atoms with van der Waals surface area (Å²) in [5.41, 5.74) is 0.151. The fraction of sp³-hybridized carbons (Fsp3) is 0.333. The molecule has 0 aliphatic carbocycles. The second-order valence-corrected chi connectivity index (χ2v) is 4.71. The Morgan fingerprint density at radius 3 is 2.29 bits per heavy atom. The number of para-hydroxylation sites is 1. The number of alkyl halides is 4. The van der Waals surface area contributed by atoms with Crippen LogP contribution in [0.15, 0.2) is 24.3 Å². The third-order valence-electron chi connectivity index (χ3n) is 1.61. The zero-order valence-corrected chi connectivity index (χ0v) is 9.99. The van der Waals surface area contributed by atoms with Crippen LogP contribution in [-0.4, -0.2) is 11.2 Å². The minimum atomic E-state index is -4.73. The molecule has 0 radical (unpaired) electrons. The molecule has 0 amide bonds. The van der Waals surface area contributed by atoms with E-state index < -0.39 is 11.2 Å². The number of ether oxygens (including phenoxy) is 1. The van der Waals surface area contributed by atoms with Gasteiger partial charge in [-0.1, -0.05) is 24.0 Å². The number of halogens is 4. The summed E-state index contributed by atoms with van der Waals surface area (Å²) in [5.74, 6) is 4.88. The van der Waals surface area contributed by atoms with E-state index in [0.717, 1.165) is 0 Å². The van der Waals surface area contributed by atoms with Gasteiger partial charge in [-0.25, -0.2) is 0 Å². The summed E-state index contributed by atoms with van der Waals surface area (Å²) in [5, 5.41) is 0. The fourth-order valence-electron chi connectivity index (χ4n) is 1.000. The summed E-state index contributed by atoms with van der Waals surface area (Å²) >= 11 is 5.83. The van der Waals surface area contributed by atoms with Gasteiger partial charge < -0.3 is 4.74 Å². The van der Waals surface area contributed by atoms with Crippen molar-refractivity contribution in [3.63, 3.8) is 0 Å². The highest BCUT2D eigenvalue weighted by Gasteiger charge is 2.31. The van der Waals surface area contributed by atoms with E-state index in [4.69, 9.17) is 11.6 Å². The number of hydrogen-bond acceptors (Lipinski definition) is 1. The average Bonchev–Trinajstić information content (AvgIpc) is 2.12. The predicted molar refractivity (Wildman–Crippen MR) is 59.9 cm³/mol. The monoisotopic (exact) mass is 262 g/mol. The third kappa shape index (κ3) is 5.50. The van der Waals surface area contributed by atoms with Crippen molar-refractivity contribution in [3.8, 4) is 17.6 Å². The fourth-order valence-corrected chi connectivity index (χ4v) is 1.05. The lowest BCUT2D eigenvalue weighted by Gasteiger charge is -2.10. The van der Waals surface area contributed by atoms with Crippen molar-refractivity contribution in [2.45, 2.75) is 25.1 Å². The highest BCUT2D eigenvalue weighted by atomic mass is 35.5. The molecule has 0 aliphatic rings. The third-order valence-corrected chi connectivity index (χ3v) is 1.70. The largest absolute Gasteiger partial charge is 0.573 e. The molecule has 0 spiro atoms. The molecule has 0 saturated heterocycles. The number of rotatable bonds is 1. The van der Waals surface area contributed by atoms with E-state index in [2.05, 4.69) is 16.6 Å². The van der Waals surface area contributed by atoms with Gasteiger partial charge in [0.2, 0.25) is 0 Å². The molecular formula is C12H10ClF3O. The lowest BCUT2D eigenvalue weighted by atomic mass is 10.1. The molecule has 0 unspecified atom stereocenters. The van der Waals surface area contributed by atoms with Gasteiger partial charge >= 0.3 is 6.36 Å². The van der Waals surface area contributed by atoms with Crippen LogP contribution in [-0.2, 0) is 0 Å². The van der Waals surface area contributed by atoms with E-state index in [0.29, 0.717) is 0 Å². The quantitative estimate of drug-likeness (QED) is 0.550. The second-order valence-electron chi connectivity index (χ2n) is 3.77. The van der Waals surface area contributed by atoms with Crippen molar-refractivity contribution >= 4 is 11.6 Å². The second kappa shape index (κ2) is 4.89. The van der Waals surface area contributed by atoms with Crippen molar-refractivity contribution in [2.24, 2.45) is 0 Å². The normalized spacial score (nSPS) is 11.6. The minimum absolute atomic E-state index is 0.151. The van der Waals surface area contributed by atoms with Crippen molar-refractivity contribution in [1.29, 1.82) is 0 Å². The summed E-state index contributed by atoms with van der Waals surface area (Å²) in [4.78, 5) is -0.800. The van der Waals surface area contributed by atoms with Crippen LogP contribution in [0.3, 0.4) is 0 Å². The van der Waals surface area contributed by atoms with Crippen LogP contribution in [0.4, 0.5) is 13.2 Å². The zero-order chi connectivity index (χ0) is 13.1. The Kier molecular flexibility index (Phi) is 3.94. The van der Waals surface area contributed by atoms with Crippen molar-refractivity contribution in [2.75, 3.05) is 0 Å². The maximum Gasteiger partial charge on any atom is 0.573 e. The van der Waals surface area contributed by atoms with Crippen LogP contribution in [0.5, 0.6) is 5.75 Å². The Hall–Kier alpha value is -1.34. The predicted octanol–water partition coefficient (Wildman–Crippen LogP) is 3.95. The van der Waals surface area contributed by atoms with E-state index >= 15 is 0 Å². The Morgan fingerprint density at radius 1 is 1.18 bits per heavy atom. The van der Waals surface area contributed by atoms with E-state index in [-0.39, 0.29) is 11.3 Å². The Labute approximate surface area is 103 Å². The molecule has 0 bridgehead atoms. The molecule has 17 heavy (non-hydrogen) atoms. The molecule has 92 valence electrons. The Morgan fingerprint density at radius 2 is 1.76 bits per heavy atom. The van der Waals surface area contributed by atoms with Gasteiger partial charge in [-0.05, 0) is 26.0 Å². The van der Waals surface area contributed by atoms with Gasteiger partial charge in [0, 0.05) is 0 Å². The molecule has 0 aliphatic heterocycles. The van der Waals surface area contributed by atoms with Gasteiger partial charge in [-0.3, -0.25) is 0 Å². The number of hydrogen-bond donors (Lipinski definition) is 0. The van der Waals surface area contributed by atoms with Gasteiger partial charge in [0.15, 0.2) is 0 Å². The van der Waals surface area contributed by atoms with Crippen molar-refractivity contribution in [3.05, 3.63) is 29.8 Å². The Balaban J connectivity index is 3.04. The van der Waals surface area contributed by atoms with Crippen LogP contribution >= 0.6 is 11.6 Å². The summed E-state index contributed by atoms with van der Waals surface area (Å²) in [6.07, 6.45) is -4.73. The molecule has 0 N–H and O–H groups in total. The molecule has 0 aromatic heterocycles. The highest BCUT2D eigenvalue weighted by molar-refractivity contribution is 6.25. The van der Waals surface area contributed by atoms with E-state index in [1.807, 2.05) is 0 Å². The summed E-state index contributed by atoms with van der Waals surface area (Å²) in [6, 6.07) is 5.67. The molecule has 1 aromatic carbocycles. The van der Waals surface area contributed by atoms with Crippen LogP contribution in [0.25, 0.3) is 0 Å². The smallest absolute Gasteiger partial charge is 0.404 e. The molecule has 1 aromatic rings. The van der Waals surface area contributed by atoms with Gasteiger partial charge in [-0.15, -0.1) is 24.8 Å². The average molecular weight is 263 g/mol. The topological polar surface area (TPSA) is 9.23 Å². The lowest BCUT2D eigenvalue weighted by Crippen LogP contribution is -2.17. The molecule has 0 atom stereocenters.